The Bertz CT molecular complexity index is 2520. The zero-order valence-electron chi connectivity index (χ0n) is 25.3. The molecule has 3 heterocycles. The molecule has 4 heteroatoms. The number of hydrogen-bond donors (Lipinski definition) is 0. The summed E-state index contributed by atoms with van der Waals surface area (Å²) in [5.41, 5.74) is 8.88. The molecule has 46 heavy (non-hydrogen) atoms. The largest absolute Gasteiger partial charge is 0.135 e. The number of thiophene rings is 3. The first-order chi connectivity index (χ1) is 22.6. The Morgan fingerprint density at radius 3 is 1.22 bits per heavy atom. The van der Waals surface area contributed by atoms with E-state index < -0.39 is 0 Å². The van der Waals surface area contributed by atoms with Gasteiger partial charge >= 0.3 is 0 Å². The molecule has 0 nitrogen and oxygen atoms in total. The second kappa shape index (κ2) is 11.3. The first-order valence-corrected chi connectivity index (χ1v) is 19.0. The van der Waals surface area contributed by atoms with Crippen LogP contribution >= 0.6 is 45.8 Å². The Kier molecular flexibility index (Phi) is 6.87. The van der Waals surface area contributed by atoms with E-state index in [1.807, 2.05) is 34.0 Å². The molecule has 0 aliphatic heterocycles. The van der Waals surface area contributed by atoms with E-state index in [0.717, 1.165) is 0 Å². The minimum absolute atomic E-state index is 1.26. The van der Waals surface area contributed by atoms with Gasteiger partial charge in [-0.05, 0) is 106 Å². The van der Waals surface area contributed by atoms with E-state index in [0.29, 0.717) is 0 Å². The lowest BCUT2D eigenvalue weighted by Gasteiger charge is -2.04. The fraction of sp³-hybridized carbons (Fsp3) is 0.0476. The minimum atomic E-state index is 1.26. The van der Waals surface area contributed by atoms with E-state index in [9.17, 15) is 0 Å². The standard InChI is InChI=1S/C42H28S4/c1-25-3-5-26(6-4-25)27-7-11-30(12-8-27)37-21-32-19-35-36-20-33-22-38(45-40(33)24-42(36)46-41(35)23-39(32)44-37)31-13-9-28(10-14-31)29-15-17-34(43-2)18-16-29/h3-24H,1-2H3. The van der Waals surface area contributed by atoms with Crippen LogP contribution in [0.3, 0.4) is 0 Å². The quantitative estimate of drug-likeness (QED) is 0.166. The van der Waals surface area contributed by atoms with Crippen LogP contribution in [0.2, 0.25) is 0 Å². The Morgan fingerprint density at radius 1 is 0.391 bits per heavy atom. The minimum Gasteiger partial charge on any atom is -0.135 e. The SMILES string of the molecule is CSc1ccc(-c2ccc(-c3cc4cc5c(cc4s3)sc3cc4sc(-c6ccc(-c7ccc(C)cc7)cc6)cc4cc35)cc2)cc1. The van der Waals surface area contributed by atoms with Gasteiger partial charge in [0.1, 0.15) is 0 Å². The molecule has 0 N–H and O–H groups in total. The molecule has 0 amide bonds. The topological polar surface area (TPSA) is 0 Å². The molecule has 3 aromatic heterocycles. The summed E-state index contributed by atoms with van der Waals surface area (Å²) in [5, 5.41) is 5.36. The maximum absolute atomic E-state index is 2.41. The molecular weight excluding hydrogens is 633 g/mol. The maximum atomic E-state index is 2.41. The summed E-state index contributed by atoms with van der Waals surface area (Å²) in [4.78, 5) is 3.93. The summed E-state index contributed by atoms with van der Waals surface area (Å²) >= 11 is 7.48. The molecule has 0 bridgehead atoms. The van der Waals surface area contributed by atoms with Gasteiger partial charge in [0.15, 0.2) is 0 Å². The highest BCUT2D eigenvalue weighted by molar-refractivity contribution is 7.98. The average molecular weight is 661 g/mol. The van der Waals surface area contributed by atoms with Gasteiger partial charge in [0.25, 0.3) is 0 Å². The highest BCUT2D eigenvalue weighted by Crippen LogP contribution is 2.44. The summed E-state index contributed by atoms with van der Waals surface area (Å²) in [6.07, 6.45) is 2.12. The lowest BCUT2D eigenvalue weighted by atomic mass is 10.0. The van der Waals surface area contributed by atoms with Crippen molar-refractivity contribution in [1.29, 1.82) is 0 Å². The van der Waals surface area contributed by atoms with E-state index in [1.165, 1.54) is 93.9 Å². The number of fused-ring (bicyclic) bond motifs is 5. The number of thioether (sulfide) groups is 1. The number of benzene rings is 6. The van der Waals surface area contributed by atoms with E-state index in [2.05, 4.69) is 147 Å². The summed E-state index contributed by atoms with van der Waals surface area (Å²) in [5.74, 6) is 0. The lowest BCUT2D eigenvalue weighted by Crippen LogP contribution is -1.79. The van der Waals surface area contributed by atoms with Crippen molar-refractivity contribution in [3.8, 4) is 43.1 Å². The third kappa shape index (κ3) is 4.97. The van der Waals surface area contributed by atoms with Crippen LogP contribution in [0.1, 0.15) is 5.56 Å². The molecule has 220 valence electrons. The van der Waals surface area contributed by atoms with Crippen LogP contribution in [0.5, 0.6) is 0 Å². The van der Waals surface area contributed by atoms with Crippen molar-refractivity contribution >= 4 is 86.1 Å². The zero-order valence-corrected chi connectivity index (χ0v) is 28.6. The van der Waals surface area contributed by atoms with E-state index in [4.69, 9.17) is 0 Å². The molecule has 0 aliphatic carbocycles. The molecule has 9 aromatic rings. The number of rotatable bonds is 5. The van der Waals surface area contributed by atoms with Gasteiger partial charge in [-0.2, -0.15) is 0 Å². The summed E-state index contributed by atoms with van der Waals surface area (Å²) in [7, 11) is 0. The van der Waals surface area contributed by atoms with Gasteiger partial charge in [-0.3, -0.25) is 0 Å². The number of hydrogen-bond acceptors (Lipinski definition) is 4. The van der Waals surface area contributed by atoms with Crippen molar-refractivity contribution in [1.82, 2.24) is 0 Å². The van der Waals surface area contributed by atoms with E-state index in [-0.39, 0.29) is 0 Å². The van der Waals surface area contributed by atoms with Crippen molar-refractivity contribution in [2.24, 2.45) is 0 Å². The second-order valence-electron chi connectivity index (χ2n) is 11.8. The van der Waals surface area contributed by atoms with E-state index >= 15 is 0 Å². The van der Waals surface area contributed by atoms with Gasteiger partial charge in [0, 0.05) is 44.2 Å². The summed E-state index contributed by atoms with van der Waals surface area (Å²) in [6, 6.07) is 50.0. The van der Waals surface area contributed by atoms with Crippen LogP contribution in [0.25, 0.3) is 83.5 Å². The number of aryl methyl sites for hydroxylation is 1. The third-order valence-corrected chi connectivity index (χ3v) is 13.0. The van der Waals surface area contributed by atoms with Crippen LogP contribution in [0.4, 0.5) is 0 Å². The fourth-order valence-corrected chi connectivity index (χ4v) is 10.2. The molecule has 0 saturated heterocycles. The van der Waals surface area contributed by atoms with Crippen molar-refractivity contribution in [2.45, 2.75) is 11.8 Å². The van der Waals surface area contributed by atoms with Gasteiger partial charge in [-0.25, -0.2) is 0 Å². The van der Waals surface area contributed by atoms with Crippen molar-refractivity contribution < 1.29 is 0 Å². The first kappa shape index (κ1) is 28.1. The highest BCUT2D eigenvalue weighted by atomic mass is 32.2. The molecule has 0 fully saturated rings. The smallest absolute Gasteiger partial charge is 0.0369 e. The van der Waals surface area contributed by atoms with Gasteiger partial charge < -0.3 is 0 Å². The molecule has 0 radical (unpaired) electrons. The molecule has 0 aliphatic rings. The Balaban J connectivity index is 1.03. The molecular formula is C42H28S4. The highest BCUT2D eigenvalue weighted by Gasteiger charge is 2.13. The van der Waals surface area contributed by atoms with E-state index in [1.54, 1.807) is 11.8 Å². The molecule has 0 unspecified atom stereocenters. The van der Waals surface area contributed by atoms with Crippen LogP contribution in [-0.2, 0) is 0 Å². The fourth-order valence-electron chi connectivity index (χ4n) is 6.31. The predicted molar refractivity (Wildman–Crippen MR) is 208 cm³/mol. The van der Waals surface area contributed by atoms with Crippen LogP contribution in [0, 0.1) is 6.92 Å². The van der Waals surface area contributed by atoms with Crippen molar-refractivity contribution in [3.63, 3.8) is 0 Å². The molecule has 0 spiro atoms. The lowest BCUT2D eigenvalue weighted by molar-refractivity contribution is 1.46. The Labute approximate surface area is 284 Å². The van der Waals surface area contributed by atoms with Gasteiger partial charge in [0.2, 0.25) is 0 Å². The third-order valence-electron chi connectivity index (χ3n) is 8.89. The predicted octanol–water partition coefficient (Wildman–Crippen LogP) is 14.2. The molecule has 0 atom stereocenters. The molecule has 9 rings (SSSR count). The van der Waals surface area contributed by atoms with Gasteiger partial charge in [-0.1, -0.05) is 90.5 Å². The zero-order chi connectivity index (χ0) is 30.8. The van der Waals surface area contributed by atoms with Gasteiger partial charge in [0.05, 0.1) is 0 Å². The Morgan fingerprint density at radius 2 is 0.783 bits per heavy atom. The summed E-state index contributed by atoms with van der Waals surface area (Å²) in [6.45, 7) is 2.13. The van der Waals surface area contributed by atoms with Crippen LogP contribution in [0.15, 0.2) is 138 Å². The van der Waals surface area contributed by atoms with Gasteiger partial charge in [-0.15, -0.1) is 45.8 Å². The van der Waals surface area contributed by atoms with Crippen molar-refractivity contribution in [3.05, 3.63) is 139 Å². The second-order valence-corrected chi connectivity index (χ2v) is 16.0. The average Bonchev–Trinajstić information content (AvgIpc) is 3.81. The monoisotopic (exact) mass is 660 g/mol. The normalized spacial score (nSPS) is 11.8. The maximum Gasteiger partial charge on any atom is 0.0369 e. The first-order valence-electron chi connectivity index (χ1n) is 15.3. The van der Waals surface area contributed by atoms with Crippen LogP contribution in [-0.4, -0.2) is 6.26 Å². The summed E-state index contributed by atoms with van der Waals surface area (Å²) < 4.78 is 5.43. The molecule has 0 saturated carbocycles. The Hall–Kier alpha value is -4.19. The van der Waals surface area contributed by atoms with Crippen molar-refractivity contribution in [2.75, 3.05) is 6.26 Å². The van der Waals surface area contributed by atoms with Crippen LogP contribution < -0.4 is 0 Å². The molecule has 6 aromatic carbocycles.